The third-order valence-corrected chi connectivity index (χ3v) is 2.40. The minimum Gasteiger partial charge on any atom is -0.466 e. The van der Waals surface area contributed by atoms with Crippen LogP contribution in [0.15, 0.2) is 12.2 Å². The Hall–Kier alpha value is -1.01. The van der Waals surface area contributed by atoms with Crippen molar-refractivity contribution in [1.82, 2.24) is 5.32 Å². The van der Waals surface area contributed by atoms with E-state index in [9.17, 15) is 9.59 Å². The highest BCUT2D eigenvalue weighted by Crippen LogP contribution is 1.94. The summed E-state index contributed by atoms with van der Waals surface area (Å²) in [4.78, 5) is 21.7. The zero-order valence-electron chi connectivity index (χ0n) is 8.69. The second-order valence-electron chi connectivity index (χ2n) is 2.55. The van der Waals surface area contributed by atoms with Gasteiger partial charge in [0.2, 0.25) is 5.91 Å². The Kier molecular flexibility index (Phi) is 8.90. The van der Waals surface area contributed by atoms with Gasteiger partial charge >= 0.3 is 5.97 Å². The van der Waals surface area contributed by atoms with Crippen LogP contribution in [0.1, 0.15) is 0 Å². The molecule has 0 aliphatic carbocycles. The van der Waals surface area contributed by atoms with E-state index in [4.69, 9.17) is 5.73 Å². The summed E-state index contributed by atoms with van der Waals surface area (Å²) in [5.41, 5.74) is 5.30. The third kappa shape index (κ3) is 9.30. The van der Waals surface area contributed by atoms with Gasteiger partial charge in [0.1, 0.15) is 0 Å². The fraction of sp³-hybridized carbons (Fsp3) is 0.556. The molecule has 5 nitrogen and oxygen atoms in total. The molecule has 0 spiro atoms. The molecular formula is C9H16N2O3S. The summed E-state index contributed by atoms with van der Waals surface area (Å²) in [6.07, 6.45) is 2.24. The van der Waals surface area contributed by atoms with Crippen LogP contribution in [0.25, 0.3) is 0 Å². The monoisotopic (exact) mass is 232 g/mol. The SMILES string of the molecule is COC(=O)/C=C/C(=O)NCCSCCN. The van der Waals surface area contributed by atoms with Gasteiger partial charge in [-0.2, -0.15) is 11.8 Å². The smallest absolute Gasteiger partial charge is 0.330 e. The Balaban J connectivity index is 3.49. The molecule has 15 heavy (non-hydrogen) atoms. The van der Waals surface area contributed by atoms with Crippen LogP contribution < -0.4 is 11.1 Å². The Morgan fingerprint density at radius 1 is 1.40 bits per heavy atom. The minimum absolute atomic E-state index is 0.297. The number of hydrogen-bond acceptors (Lipinski definition) is 5. The first kappa shape index (κ1) is 14.0. The van der Waals surface area contributed by atoms with E-state index in [2.05, 4.69) is 10.1 Å². The summed E-state index contributed by atoms with van der Waals surface area (Å²) in [6.45, 7) is 1.20. The maximum absolute atomic E-state index is 11.1. The fourth-order valence-electron chi connectivity index (χ4n) is 0.702. The number of thioether (sulfide) groups is 1. The second kappa shape index (κ2) is 9.54. The van der Waals surface area contributed by atoms with E-state index in [1.165, 1.54) is 7.11 Å². The summed E-state index contributed by atoms with van der Waals surface area (Å²) in [6, 6.07) is 0. The number of nitrogens with one attached hydrogen (secondary N) is 1. The predicted molar refractivity (Wildman–Crippen MR) is 60.5 cm³/mol. The predicted octanol–water partition coefficient (Wildman–Crippen LogP) is -0.476. The van der Waals surface area contributed by atoms with Gasteiger partial charge in [-0.1, -0.05) is 0 Å². The largest absolute Gasteiger partial charge is 0.466 e. The topological polar surface area (TPSA) is 81.4 Å². The first-order valence-corrected chi connectivity index (χ1v) is 5.68. The number of hydrogen-bond donors (Lipinski definition) is 2. The highest BCUT2D eigenvalue weighted by atomic mass is 32.2. The zero-order valence-corrected chi connectivity index (χ0v) is 9.51. The normalized spacial score (nSPS) is 10.3. The van der Waals surface area contributed by atoms with Gasteiger partial charge in [0.25, 0.3) is 0 Å². The highest BCUT2D eigenvalue weighted by molar-refractivity contribution is 7.99. The summed E-state index contributed by atoms with van der Waals surface area (Å²) in [5, 5.41) is 2.63. The van der Waals surface area contributed by atoms with Crippen LogP contribution in [-0.4, -0.2) is 43.6 Å². The van der Waals surface area contributed by atoms with E-state index >= 15 is 0 Å². The lowest BCUT2D eigenvalue weighted by Gasteiger charge is -2.00. The van der Waals surface area contributed by atoms with E-state index in [0.29, 0.717) is 13.1 Å². The van der Waals surface area contributed by atoms with E-state index in [1.807, 2.05) is 0 Å². The lowest BCUT2D eigenvalue weighted by atomic mass is 10.4. The molecule has 3 N–H and O–H groups in total. The highest BCUT2D eigenvalue weighted by Gasteiger charge is 1.96. The lowest BCUT2D eigenvalue weighted by molar-refractivity contribution is -0.135. The molecule has 0 atom stereocenters. The Morgan fingerprint density at radius 3 is 2.73 bits per heavy atom. The molecule has 0 fully saturated rings. The molecule has 0 bridgehead atoms. The summed E-state index contributed by atoms with van der Waals surface area (Å²) in [7, 11) is 1.26. The fourth-order valence-corrected chi connectivity index (χ4v) is 1.32. The molecule has 0 aromatic rings. The van der Waals surface area contributed by atoms with E-state index in [1.54, 1.807) is 11.8 Å². The zero-order chi connectivity index (χ0) is 11.5. The van der Waals surface area contributed by atoms with Crippen LogP contribution in [-0.2, 0) is 14.3 Å². The molecule has 6 heteroatoms. The van der Waals surface area contributed by atoms with Crippen molar-refractivity contribution in [1.29, 1.82) is 0 Å². The van der Waals surface area contributed by atoms with Gasteiger partial charge < -0.3 is 15.8 Å². The van der Waals surface area contributed by atoms with Gasteiger partial charge in [-0.15, -0.1) is 0 Å². The third-order valence-electron chi connectivity index (χ3n) is 1.38. The Morgan fingerprint density at radius 2 is 2.13 bits per heavy atom. The molecule has 0 aromatic carbocycles. The van der Waals surface area contributed by atoms with Gasteiger partial charge in [-0.05, 0) is 0 Å². The van der Waals surface area contributed by atoms with Crippen LogP contribution in [0.2, 0.25) is 0 Å². The van der Waals surface area contributed by atoms with Crippen molar-refractivity contribution in [2.75, 3.05) is 31.7 Å². The van der Waals surface area contributed by atoms with Gasteiger partial charge in [0, 0.05) is 36.7 Å². The molecule has 0 unspecified atom stereocenters. The van der Waals surface area contributed by atoms with Crippen LogP contribution in [0.3, 0.4) is 0 Å². The standard InChI is InChI=1S/C9H16N2O3S/c1-14-9(13)3-2-8(12)11-5-7-15-6-4-10/h2-3H,4-7,10H2,1H3,(H,11,12)/b3-2+. The van der Waals surface area contributed by atoms with Crippen molar-refractivity contribution in [3.8, 4) is 0 Å². The van der Waals surface area contributed by atoms with Crippen molar-refractivity contribution in [3.05, 3.63) is 12.2 Å². The number of rotatable bonds is 7. The number of ether oxygens (including phenoxy) is 1. The number of nitrogens with two attached hydrogens (primary N) is 1. The van der Waals surface area contributed by atoms with Gasteiger partial charge in [-0.3, -0.25) is 4.79 Å². The molecule has 0 radical (unpaired) electrons. The van der Waals surface area contributed by atoms with Crippen LogP contribution in [0, 0.1) is 0 Å². The maximum Gasteiger partial charge on any atom is 0.330 e. The molecular weight excluding hydrogens is 216 g/mol. The number of methoxy groups -OCH3 is 1. The second-order valence-corrected chi connectivity index (χ2v) is 3.77. The van der Waals surface area contributed by atoms with Crippen LogP contribution in [0.5, 0.6) is 0 Å². The minimum atomic E-state index is -0.539. The molecule has 0 aliphatic heterocycles. The summed E-state index contributed by atoms with van der Waals surface area (Å²) in [5.74, 6) is 0.861. The lowest BCUT2D eigenvalue weighted by Crippen LogP contribution is -2.24. The molecule has 1 amide bonds. The van der Waals surface area contributed by atoms with Crippen LogP contribution >= 0.6 is 11.8 Å². The van der Waals surface area contributed by atoms with Crippen molar-refractivity contribution >= 4 is 23.6 Å². The molecule has 0 saturated carbocycles. The average Bonchev–Trinajstić information content (AvgIpc) is 2.25. The van der Waals surface area contributed by atoms with Gasteiger partial charge in [0.15, 0.2) is 0 Å². The maximum atomic E-state index is 11.1. The van der Waals surface area contributed by atoms with Gasteiger partial charge in [-0.25, -0.2) is 4.79 Å². The molecule has 86 valence electrons. The summed E-state index contributed by atoms with van der Waals surface area (Å²) >= 11 is 1.67. The summed E-state index contributed by atoms with van der Waals surface area (Å²) < 4.78 is 4.33. The number of carbonyl (C=O) groups excluding carboxylic acids is 2. The van der Waals surface area contributed by atoms with Crippen molar-refractivity contribution in [3.63, 3.8) is 0 Å². The Labute approximate surface area is 93.4 Å². The number of esters is 1. The van der Waals surface area contributed by atoms with E-state index in [0.717, 1.165) is 23.7 Å². The number of carbonyl (C=O) groups is 2. The first-order valence-electron chi connectivity index (χ1n) is 4.52. The Bertz CT molecular complexity index is 231. The van der Waals surface area contributed by atoms with E-state index in [-0.39, 0.29) is 5.91 Å². The molecule has 0 aliphatic rings. The quantitative estimate of drug-likeness (QED) is 0.352. The van der Waals surface area contributed by atoms with E-state index < -0.39 is 5.97 Å². The first-order chi connectivity index (χ1) is 7.20. The molecule has 0 heterocycles. The van der Waals surface area contributed by atoms with Crippen molar-refractivity contribution in [2.24, 2.45) is 5.73 Å². The van der Waals surface area contributed by atoms with Crippen molar-refractivity contribution < 1.29 is 14.3 Å². The van der Waals surface area contributed by atoms with Crippen LogP contribution in [0.4, 0.5) is 0 Å². The molecule has 0 rings (SSSR count). The molecule has 0 aromatic heterocycles. The average molecular weight is 232 g/mol. The van der Waals surface area contributed by atoms with Gasteiger partial charge in [0.05, 0.1) is 7.11 Å². The van der Waals surface area contributed by atoms with Crippen molar-refractivity contribution in [2.45, 2.75) is 0 Å². The number of amides is 1. The molecule has 0 saturated heterocycles.